The third-order valence-corrected chi connectivity index (χ3v) is 7.66. The van der Waals surface area contributed by atoms with Gasteiger partial charge in [-0.25, -0.2) is 0 Å². The van der Waals surface area contributed by atoms with Crippen molar-refractivity contribution in [2.75, 3.05) is 40.4 Å². The number of piperazine rings is 1. The molecule has 1 saturated heterocycles. The molecule has 0 spiro atoms. The Kier molecular flexibility index (Phi) is 7.25. The highest BCUT2D eigenvalue weighted by atomic mass is 16.5. The van der Waals surface area contributed by atoms with Crippen molar-refractivity contribution >= 4 is 5.91 Å². The molecule has 3 aromatic rings. The number of nitrogens with zero attached hydrogens (tertiary/aromatic N) is 2. The summed E-state index contributed by atoms with van der Waals surface area (Å²) in [5.41, 5.74) is 4.39. The van der Waals surface area contributed by atoms with E-state index in [1.165, 1.54) is 16.7 Å². The predicted octanol–water partition coefficient (Wildman–Crippen LogP) is 3.68. The van der Waals surface area contributed by atoms with E-state index in [2.05, 4.69) is 51.5 Å². The Labute approximate surface area is 213 Å². The van der Waals surface area contributed by atoms with Gasteiger partial charge in [-0.05, 0) is 46.5 Å². The molecule has 1 amide bonds. The Hall–Kier alpha value is -3.35. The van der Waals surface area contributed by atoms with Crippen LogP contribution in [0.2, 0.25) is 0 Å². The van der Waals surface area contributed by atoms with Crippen LogP contribution in [0.1, 0.15) is 22.3 Å². The lowest BCUT2D eigenvalue weighted by molar-refractivity contribution is -0.135. The average molecular weight is 486 g/mol. The quantitative estimate of drug-likeness (QED) is 0.528. The zero-order valence-electron chi connectivity index (χ0n) is 21.2. The van der Waals surface area contributed by atoms with Gasteiger partial charge in [-0.1, -0.05) is 48.5 Å². The number of nitrogens with one attached hydrogen (secondary N) is 1. The summed E-state index contributed by atoms with van der Waals surface area (Å²) in [5.74, 6) is 1.82. The van der Waals surface area contributed by atoms with E-state index in [9.17, 15) is 4.79 Å². The van der Waals surface area contributed by atoms with Crippen LogP contribution >= 0.6 is 0 Å². The van der Waals surface area contributed by atoms with Gasteiger partial charge in [0, 0.05) is 52.1 Å². The number of methoxy groups -OCH3 is 2. The summed E-state index contributed by atoms with van der Waals surface area (Å²) in [5, 5.41) is 3.27. The fourth-order valence-corrected chi connectivity index (χ4v) is 5.54. The van der Waals surface area contributed by atoms with Crippen molar-refractivity contribution in [3.8, 4) is 11.5 Å². The second-order valence-corrected chi connectivity index (χ2v) is 9.80. The van der Waals surface area contributed by atoms with Crippen LogP contribution in [0.5, 0.6) is 11.5 Å². The smallest absolute Gasteiger partial charge is 0.241 e. The first-order valence-electron chi connectivity index (χ1n) is 12.7. The molecule has 0 bridgehead atoms. The highest BCUT2D eigenvalue weighted by Crippen LogP contribution is 2.36. The Morgan fingerprint density at radius 2 is 1.31 bits per heavy atom. The van der Waals surface area contributed by atoms with Gasteiger partial charge in [-0.3, -0.25) is 14.6 Å². The summed E-state index contributed by atoms with van der Waals surface area (Å²) in [6.07, 6.45) is 1.52. The highest BCUT2D eigenvalue weighted by molar-refractivity contribution is 5.88. The number of hydrogen-bond acceptors (Lipinski definition) is 5. The van der Waals surface area contributed by atoms with Gasteiger partial charge in [-0.15, -0.1) is 0 Å². The number of amides is 1. The first-order valence-corrected chi connectivity index (χ1v) is 12.7. The number of ether oxygens (including phenoxy) is 2. The fraction of sp³-hybridized carbons (Fsp3) is 0.367. The topological polar surface area (TPSA) is 54.0 Å². The molecule has 1 heterocycles. The van der Waals surface area contributed by atoms with Gasteiger partial charge in [0.2, 0.25) is 5.91 Å². The van der Waals surface area contributed by atoms with Gasteiger partial charge in [0.25, 0.3) is 0 Å². The summed E-state index contributed by atoms with van der Waals surface area (Å²) >= 11 is 0. The predicted molar refractivity (Wildman–Crippen MR) is 141 cm³/mol. The minimum absolute atomic E-state index is 0.123. The van der Waals surface area contributed by atoms with Crippen LogP contribution in [-0.2, 0) is 30.7 Å². The Morgan fingerprint density at radius 3 is 1.83 bits per heavy atom. The first-order chi connectivity index (χ1) is 17.6. The van der Waals surface area contributed by atoms with Crippen molar-refractivity contribution in [2.45, 2.75) is 31.5 Å². The molecule has 1 N–H and O–H groups in total. The van der Waals surface area contributed by atoms with Crippen LogP contribution in [0.15, 0.2) is 72.8 Å². The third kappa shape index (κ3) is 5.11. The molecule has 0 atom stereocenters. The van der Waals surface area contributed by atoms with Crippen molar-refractivity contribution in [3.05, 3.63) is 95.1 Å². The minimum atomic E-state index is -0.539. The fourth-order valence-electron chi connectivity index (χ4n) is 5.54. The molecule has 3 aromatic carbocycles. The molecular formula is C30H35N3O3. The van der Waals surface area contributed by atoms with Crippen molar-refractivity contribution in [2.24, 2.45) is 0 Å². The van der Waals surface area contributed by atoms with Gasteiger partial charge in [0.15, 0.2) is 0 Å². The lowest BCUT2D eigenvalue weighted by atomic mass is 9.90. The number of benzene rings is 3. The minimum Gasteiger partial charge on any atom is -0.497 e. The van der Waals surface area contributed by atoms with Crippen molar-refractivity contribution in [1.29, 1.82) is 0 Å². The van der Waals surface area contributed by atoms with E-state index in [0.29, 0.717) is 6.54 Å². The lowest BCUT2D eigenvalue weighted by Gasteiger charge is -2.45. The molecule has 6 nitrogen and oxygen atoms in total. The SMILES string of the molecule is COc1ccc(CNC(=O)C2(N3CCN(Cc4ccc(OC)cc4)CC3)Cc3ccccc3C2)cc1. The van der Waals surface area contributed by atoms with E-state index < -0.39 is 5.54 Å². The molecule has 36 heavy (non-hydrogen) atoms. The largest absolute Gasteiger partial charge is 0.497 e. The molecule has 0 saturated carbocycles. The molecule has 5 rings (SSSR count). The maximum Gasteiger partial charge on any atom is 0.241 e. The van der Waals surface area contributed by atoms with E-state index >= 15 is 0 Å². The molecule has 188 valence electrons. The molecule has 0 unspecified atom stereocenters. The van der Waals surface area contributed by atoms with Crippen LogP contribution in [0, 0.1) is 0 Å². The van der Waals surface area contributed by atoms with Crippen LogP contribution in [0.25, 0.3) is 0 Å². The number of fused-ring (bicyclic) bond motifs is 1. The molecule has 1 aliphatic carbocycles. The van der Waals surface area contributed by atoms with Crippen LogP contribution in [0.3, 0.4) is 0 Å². The molecule has 0 radical (unpaired) electrons. The van der Waals surface area contributed by atoms with Crippen LogP contribution < -0.4 is 14.8 Å². The number of rotatable bonds is 8. The summed E-state index contributed by atoms with van der Waals surface area (Å²) in [7, 11) is 3.35. The maximum atomic E-state index is 13.9. The average Bonchev–Trinajstić information content (AvgIpc) is 3.34. The Bertz CT molecular complexity index is 1140. The number of carbonyl (C=O) groups is 1. The number of carbonyl (C=O) groups excluding carboxylic acids is 1. The molecule has 1 fully saturated rings. The van der Waals surface area contributed by atoms with Crippen molar-refractivity contribution in [1.82, 2.24) is 15.1 Å². The zero-order chi connectivity index (χ0) is 25.0. The summed E-state index contributed by atoms with van der Waals surface area (Å²) in [6.45, 7) is 5.05. The third-order valence-electron chi connectivity index (χ3n) is 7.66. The van der Waals surface area contributed by atoms with E-state index in [1.54, 1.807) is 14.2 Å². The van der Waals surface area contributed by atoms with Crippen molar-refractivity contribution in [3.63, 3.8) is 0 Å². The number of hydrogen-bond donors (Lipinski definition) is 1. The molecule has 1 aliphatic heterocycles. The van der Waals surface area contributed by atoms with E-state index in [-0.39, 0.29) is 5.91 Å². The Morgan fingerprint density at radius 1 is 0.778 bits per heavy atom. The van der Waals surface area contributed by atoms with E-state index in [4.69, 9.17) is 9.47 Å². The monoisotopic (exact) mass is 485 g/mol. The van der Waals surface area contributed by atoms with Gasteiger partial charge in [0.1, 0.15) is 17.0 Å². The second kappa shape index (κ2) is 10.7. The standard InChI is InChI=1S/C30H35N3O3/c1-35-27-11-7-23(8-12-27)21-31-29(34)30(19-25-5-3-4-6-26(25)20-30)33-17-15-32(16-18-33)22-24-9-13-28(36-2)14-10-24/h3-14H,15-22H2,1-2H3,(H,31,34). The normalized spacial score (nSPS) is 17.4. The maximum absolute atomic E-state index is 13.9. The van der Waals surface area contributed by atoms with Gasteiger partial charge < -0.3 is 14.8 Å². The highest BCUT2D eigenvalue weighted by Gasteiger charge is 2.48. The van der Waals surface area contributed by atoms with Crippen molar-refractivity contribution < 1.29 is 14.3 Å². The van der Waals surface area contributed by atoms with Gasteiger partial charge in [0.05, 0.1) is 14.2 Å². The lowest BCUT2D eigenvalue weighted by Crippen LogP contribution is -2.64. The van der Waals surface area contributed by atoms with E-state index in [1.807, 2.05) is 36.4 Å². The molecule has 6 heteroatoms. The van der Waals surface area contributed by atoms with E-state index in [0.717, 1.165) is 62.6 Å². The second-order valence-electron chi connectivity index (χ2n) is 9.80. The van der Waals surface area contributed by atoms with Gasteiger partial charge in [-0.2, -0.15) is 0 Å². The molecular weight excluding hydrogens is 450 g/mol. The summed E-state index contributed by atoms with van der Waals surface area (Å²) < 4.78 is 10.5. The summed E-state index contributed by atoms with van der Waals surface area (Å²) in [6, 6.07) is 24.7. The molecule has 2 aliphatic rings. The summed E-state index contributed by atoms with van der Waals surface area (Å²) in [4.78, 5) is 18.8. The zero-order valence-corrected chi connectivity index (χ0v) is 21.2. The molecule has 0 aromatic heterocycles. The van der Waals surface area contributed by atoms with Gasteiger partial charge >= 0.3 is 0 Å². The Balaban J connectivity index is 1.27. The van der Waals surface area contributed by atoms with Crippen LogP contribution in [-0.4, -0.2) is 61.6 Å². The first kappa shape index (κ1) is 24.3. The van der Waals surface area contributed by atoms with Crippen LogP contribution in [0.4, 0.5) is 0 Å².